The van der Waals surface area contributed by atoms with Gasteiger partial charge in [-0.25, -0.2) is 8.42 Å². The molecule has 7 heteroatoms. The average molecular weight is 386 g/mol. The van der Waals surface area contributed by atoms with Gasteiger partial charge in [0.15, 0.2) is 0 Å². The van der Waals surface area contributed by atoms with Gasteiger partial charge in [0, 0.05) is 12.7 Å². The first-order valence-corrected chi connectivity index (χ1v) is 10.2. The van der Waals surface area contributed by atoms with E-state index in [2.05, 4.69) is 5.32 Å². The second-order valence-corrected chi connectivity index (χ2v) is 8.63. The van der Waals surface area contributed by atoms with E-state index >= 15 is 0 Å². The van der Waals surface area contributed by atoms with Crippen LogP contribution in [0.5, 0.6) is 0 Å². The number of nitrogens with one attached hydrogen (secondary N) is 1. The maximum Gasteiger partial charge on any atom is 0.267 e. The van der Waals surface area contributed by atoms with Gasteiger partial charge in [0.05, 0.1) is 10.6 Å². The van der Waals surface area contributed by atoms with Gasteiger partial charge in [-0.15, -0.1) is 11.3 Å². The maximum absolute atomic E-state index is 12.8. The van der Waals surface area contributed by atoms with E-state index in [0.29, 0.717) is 16.3 Å². The summed E-state index contributed by atoms with van der Waals surface area (Å²) in [5, 5.41) is 4.53. The fourth-order valence-corrected chi connectivity index (χ4v) is 4.61. The molecule has 134 valence electrons. The van der Waals surface area contributed by atoms with Crippen molar-refractivity contribution in [3.63, 3.8) is 0 Å². The Morgan fingerprint density at radius 2 is 1.77 bits per heavy atom. The molecular weight excluding hydrogens is 368 g/mol. The van der Waals surface area contributed by atoms with Gasteiger partial charge in [-0.2, -0.15) is 0 Å². The van der Waals surface area contributed by atoms with Crippen molar-refractivity contribution < 1.29 is 13.2 Å². The largest absolute Gasteiger partial charge is 0.321 e. The van der Waals surface area contributed by atoms with Crippen LogP contribution in [0.25, 0.3) is 0 Å². The van der Waals surface area contributed by atoms with Gasteiger partial charge in [0.2, 0.25) is 0 Å². The van der Waals surface area contributed by atoms with Crippen LogP contribution in [0, 0.1) is 6.92 Å². The zero-order chi connectivity index (χ0) is 18.7. The molecule has 0 aliphatic rings. The summed E-state index contributed by atoms with van der Waals surface area (Å²) in [5.41, 5.74) is 2.05. The number of sulfonamides is 1. The van der Waals surface area contributed by atoms with Gasteiger partial charge in [-0.3, -0.25) is 9.10 Å². The number of anilines is 2. The molecule has 0 atom stereocenters. The molecule has 0 radical (unpaired) electrons. The first-order valence-electron chi connectivity index (χ1n) is 7.89. The van der Waals surface area contributed by atoms with Crippen molar-refractivity contribution in [3.05, 3.63) is 76.5 Å². The Bertz CT molecular complexity index is 1030. The third kappa shape index (κ3) is 3.63. The summed E-state index contributed by atoms with van der Waals surface area (Å²) in [7, 11) is -2.29. The number of carbonyl (C=O) groups is 1. The molecule has 2 aromatic carbocycles. The Morgan fingerprint density at radius 1 is 1.04 bits per heavy atom. The molecule has 1 aromatic heterocycles. The van der Waals surface area contributed by atoms with Crippen molar-refractivity contribution in [2.24, 2.45) is 0 Å². The number of benzene rings is 2. The molecular formula is C19H18N2O3S2. The molecule has 26 heavy (non-hydrogen) atoms. The van der Waals surface area contributed by atoms with E-state index in [1.165, 1.54) is 30.5 Å². The Labute approximate surface area is 157 Å². The van der Waals surface area contributed by atoms with E-state index < -0.39 is 10.0 Å². The van der Waals surface area contributed by atoms with Gasteiger partial charge >= 0.3 is 0 Å². The predicted molar refractivity (Wildman–Crippen MR) is 105 cm³/mol. The molecule has 0 bridgehead atoms. The number of rotatable bonds is 5. The number of amides is 1. The fraction of sp³-hybridized carbons (Fsp3) is 0.105. The third-order valence-corrected chi connectivity index (χ3v) is 6.56. The van der Waals surface area contributed by atoms with E-state index in [-0.39, 0.29) is 10.8 Å². The molecule has 0 fully saturated rings. The summed E-state index contributed by atoms with van der Waals surface area (Å²) in [6.45, 7) is 1.94. The Morgan fingerprint density at radius 3 is 2.46 bits per heavy atom. The standard InChI is InChI=1S/C19H18N2O3S2/c1-14-7-6-8-15(13-14)20-19(22)18-17(11-12-25-18)21(2)26(23,24)16-9-4-3-5-10-16/h3-13H,1-2H3,(H,20,22). The van der Waals surface area contributed by atoms with E-state index in [1.807, 2.05) is 25.1 Å². The lowest BCUT2D eigenvalue weighted by Crippen LogP contribution is -2.28. The third-order valence-electron chi connectivity index (χ3n) is 3.87. The fourth-order valence-electron chi connectivity index (χ4n) is 2.51. The molecule has 3 aromatic rings. The number of hydrogen-bond donors (Lipinski definition) is 1. The highest BCUT2D eigenvalue weighted by atomic mass is 32.2. The summed E-state index contributed by atoms with van der Waals surface area (Å²) in [5.74, 6) is -0.337. The first kappa shape index (κ1) is 18.2. The van der Waals surface area contributed by atoms with Crippen molar-refractivity contribution >= 4 is 38.6 Å². The topological polar surface area (TPSA) is 66.5 Å². The van der Waals surface area contributed by atoms with Gasteiger partial charge in [-0.1, -0.05) is 30.3 Å². The quantitative estimate of drug-likeness (QED) is 0.717. The minimum atomic E-state index is -3.74. The van der Waals surface area contributed by atoms with Crippen LogP contribution >= 0.6 is 11.3 Å². The molecule has 1 heterocycles. The van der Waals surface area contributed by atoms with E-state index in [0.717, 1.165) is 9.87 Å². The summed E-state index contributed by atoms with van der Waals surface area (Å²) >= 11 is 1.20. The minimum absolute atomic E-state index is 0.179. The van der Waals surface area contributed by atoms with Crippen LogP contribution in [-0.4, -0.2) is 21.4 Å². The summed E-state index contributed by atoms with van der Waals surface area (Å²) in [6, 6.07) is 17.2. The van der Waals surface area contributed by atoms with Crippen LogP contribution in [0.1, 0.15) is 15.2 Å². The number of nitrogens with zero attached hydrogens (tertiary/aromatic N) is 1. The normalized spacial score (nSPS) is 11.2. The summed E-state index contributed by atoms with van der Waals surface area (Å²) in [6.07, 6.45) is 0. The molecule has 0 aliphatic carbocycles. The molecule has 0 saturated carbocycles. The smallest absolute Gasteiger partial charge is 0.267 e. The van der Waals surface area contributed by atoms with Gasteiger partial charge in [-0.05, 0) is 48.2 Å². The molecule has 0 aliphatic heterocycles. The molecule has 0 spiro atoms. The van der Waals surface area contributed by atoms with E-state index in [4.69, 9.17) is 0 Å². The summed E-state index contributed by atoms with van der Waals surface area (Å²) < 4.78 is 26.8. The number of hydrogen-bond acceptors (Lipinski definition) is 4. The molecule has 5 nitrogen and oxygen atoms in total. The van der Waals surface area contributed by atoms with E-state index in [1.54, 1.807) is 35.7 Å². The van der Waals surface area contributed by atoms with Crippen molar-refractivity contribution in [2.75, 3.05) is 16.7 Å². The zero-order valence-corrected chi connectivity index (χ0v) is 16.0. The highest BCUT2D eigenvalue weighted by Gasteiger charge is 2.26. The lowest BCUT2D eigenvalue weighted by atomic mass is 10.2. The van der Waals surface area contributed by atoms with Crippen LogP contribution in [0.4, 0.5) is 11.4 Å². The van der Waals surface area contributed by atoms with Gasteiger partial charge < -0.3 is 5.32 Å². The monoisotopic (exact) mass is 386 g/mol. The average Bonchev–Trinajstić information content (AvgIpc) is 3.11. The molecule has 1 N–H and O–H groups in total. The highest BCUT2D eigenvalue weighted by molar-refractivity contribution is 7.92. The Hall–Kier alpha value is -2.64. The van der Waals surface area contributed by atoms with E-state index in [9.17, 15) is 13.2 Å². The van der Waals surface area contributed by atoms with Gasteiger partial charge in [0.25, 0.3) is 15.9 Å². The summed E-state index contributed by atoms with van der Waals surface area (Å²) in [4.78, 5) is 13.2. The minimum Gasteiger partial charge on any atom is -0.321 e. The van der Waals surface area contributed by atoms with Crippen LogP contribution < -0.4 is 9.62 Å². The van der Waals surface area contributed by atoms with Crippen molar-refractivity contribution in [3.8, 4) is 0 Å². The Balaban J connectivity index is 1.89. The first-order chi connectivity index (χ1) is 12.4. The van der Waals surface area contributed by atoms with Gasteiger partial charge in [0.1, 0.15) is 4.88 Å². The molecule has 3 rings (SSSR count). The van der Waals surface area contributed by atoms with Crippen molar-refractivity contribution in [1.29, 1.82) is 0 Å². The highest BCUT2D eigenvalue weighted by Crippen LogP contribution is 2.30. The van der Waals surface area contributed by atoms with Crippen molar-refractivity contribution in [2.45, 2.75) is 11.8 Å². The molecule has 1 amide bonds. The van der Waals surface area contributed by atoms with Crippen LogP contribution in [0.2, 0.25) is 0 Å². The zero-order valence-electron chi connectivity index (χ0n) is 14.3. The van der Waals surface area contributed by atoms with Crippen molar-refractivity contribution in [1.82, 2.24) is 0 Å². The predicted octanol–water partition coefficient (Wildman–Crippen LogP) is 4.13. The number of carbonyl (C=O) groups excluding carboxylic acids is 1. The van der Waals surface area contributed by atoms with Crippen LogP contribution in [0.3, 0.4) is 0 Å². The number of aryl methyl sites for hydroxylation is 1. The molecule has 0 saturated heterocycles. The second kappa shape index (κ2) is 7.31. The second-order valence-electron chi connectivity index (χ2n) is 5.74. The molecule has 0 unspecified atom stereocenters. The number of thiophene rings is 1. The van der Waals surface area contributed by atoms with Crippen LogP contribution in [-0.2, 0) is 10.0 Å². The maximum atomic E-state index is 12.8. The lowest BCUT2D eigenvalue weighted by molar-refractivity contribution is 0.103. The Kier molecular flexibility index (Phi) is 5.11. The lowest BCUT2D eigenvalue weighted by Gasteiger charge is -2.19. The SMILES string of the molecule is Cc1cccc(NC(=O)c2sccc2N(C)S(=O)(=O)c2ccccc2)c1. The van der Waals surface area contributed by atoms with Crippen LogP contribution in [0.15, 0.2) is 70.9 Å².